The zero-order valence-corrected chi connectivity index (χ0v) is 31.7. The maximum absolute atomic E-state index is 6.25. The lowest BCUT2D eigenvalue weighted by molar-refractivity contribution is 0.584. The minimum absolute atomic E-state index is 0.619. The number of unbranched alkanes of at least 4 members (excludes halogenated alkanes) is 6. The molecule has 1 heterocycles. The van der Waals surface area contributed by atoms with Crippen molar-refractivity contribution in [2.45, 2.75) is 131 Å². The molecule has 3 aromatic rings. The highest BCUT2D eigenvalue weighted by Gasteiger charge is 2.36. The summed E-state index contributed by atoms with van der Waals surface area (Å²) < 4.78 is 6.25. The minimum Gasteiger partial charge on any atom is -0.416 e. The van der Waals surface area contributed by atoms with E-state index in [1.54, 1.807) is 0 Å². The van der Waals surface area contributed by atoms with Gasteiger partial charge in [0.1, 0.15) is 0 Å². The van der Waals surface area contributed by atoms with Crippen molar-refractivity contribution in [1.82, 2.24) is 10.2 Å². The van der Waals surface area contributed by atoms with Crippen LogP contribution in [0, 0.1) is 0 Å². The molecule has 0 saturated carbocycles. The summed E-state index contributed by atoms with van der Waals surface area (Å²) >= 11 is 0. The van der Waals surface area contributed by atoms with Crippen molar-refractivity contribution in [3.05, 3.63) is 59.7 Å². The maximum Gasteiger partial charge on any atom is 0.248 e. The lowest BCUT2D eigenvalue weighted by Crippen LogP contribution is -2.11. The SMILES string of the molecule is CCCC[P+](CCCC)(CCCC)Cc1ccc(-c2nnc(-c3ccc(C[P+](CCCC)(CCCC)CCCC)cc3)o2)cc1. The third-order valence-electron chi connectivity index (χ3n) is 9.78. The van der Waals surface area contributed by atoms with Crippen LogP contribution in [0.4, 0.5) is 0 Å². The van der Waals surface area contributed by atoms with E-state index in [1.165, 1.54) is 137 Å². The summed E-state index contributed by atoms with van der Waals surface area (Å²) in [4.78, 5) is 0. The van der Waals surface area contributed by atoms with E-state index >= 15 is 0 Å². The highest BCUT2D eigenvalue weighted by molar-refractivity contribution is 7.75. The lowest BCUT2D eigenvalue weighted by atomic mass is 10.1. The fourth-order valence-electron chi connectivity index (χ4n) is 6.84. The van der Waals surface area contributed by atoms with Gasteiger partial charge in [-0.2, -0.15) is 0 Å². The number of rotatable bonds is 24. The Bertz CT molecular complexity index is 1050. The minimum atomic E-state index is -0.975. The lowest BCUT2D eigenvalue weighted by Gasteiger charge is -2.28. The van der Waals surface area contributed by atoms with Gasteiger partial charge >= 0.3 is 0 Å². The zero-order valence-electron chi connectivity index (χ0n) is 30.0. The Morgan fingerprint density at radius 3 is 0.933 bits per heavy atom. The van der Waals surface area contributed by atoms with Crippen molar-refractivity contribution >= 4 is 14.5 Å². The van der Waals surface area contributed by atoms with E-state index in [1.807, 2.05) is 0 Å². The van der Waals surface area contributed by atoms with Gasteiger partial charge in [0, 0.05) is 25.7 Å². The summed E-state index contributed by atoms with van der Waals surface area (Å²) in [5, 5.41) is 8.93. The molecule has 0 spiro atoms. The Hall–Kier alpha value is -1.56. The maximum atomic E-state index is 6.25. The van der Waals surface area contributed by atoms with Crippen LogP contribution < -0.4 is 0 Å². The van der Waals surface area contributed by atoms with Gasteiger partial charge < -0.3 is 4.42 Å². The molecule has 45 heavy (non-hydrogen) atoms. The number of hydrogen-bond donors (Lipinski definition) is 0. The summed E-state index contributed by atoms with van der Waals surface area (Å²) in [6.45, 7) is 14.1. The third kappa shape index (κ3) is 12.2. The van der Waals surface area contributed by atoms with Gasteiger partial charge in [-0.3, -0.25) is 0 Å². The predicted molar refractivity (Wildman–Crippen MR) is 205 cm³/mol. The predicted octanol–water partition coefficient (Wildman–Crippen LogP) is 13.2. The van der Waals surface area contributed by atoms with Crippen molar-refractivity contribution in [3.8, 4) is 22.9 Å². The van der Waals surface area contributed by atoms with E-state index in [0.29, 0.717) is 11.8 Å². The van der Waals surface area contributed by atoms with Crippen molar-refractivity contribution < 1.29 is 4.42 Å². The van der Waals surface area contributed by atoms with Gasteiger partial charge in [0.05, 0.1) is 49.3 Å². The Kier molecular flexibility index (Phi) is 17.4. The molecular weight excluding hydrogens is 586 g/mol. The van der Waals surface area contributed by atoms with Crippen molar-refractivity contribution in [1.29, 1.82) is 0 Å². The van der Waals surface area contributed by atoms with Gasteiger partial charge in [-0.25, -0.2) is 0 Å². The standard InChI is InChI=1S/C40H66N2OP2/c1-7-13-27-44(28-14-8-2,29-15-9-3)33-35-19-23-37(24-20-35)39-41-42-40(43-39)38-25-21-36(22-26-38)34-45(30-16-10-4,31-17-11-5)32-18-12-6/h19-26H,7-18,27-34H2,1-6H3/q+2. The Labute approximate surface area is 278 Å². The second kappa shape index (κ2) is 20.6. The van der Waals surface area contributed by atoms with E-state index in [-0.39, 0.29) is 0 Å². The average molecular weight is 653 g/mol. The van der Waals surface area contributed by atoms with Gasteiger partial charge in [0.25, 0.3) is 0 Å². The number of hydrogen-bond acceptors (Lipinski definition) is 3. The summed E-state index contributed by atoms with van der Waals surface area (Å²) in [6.07, 6.45) is 27.4. The Morgan fingerprint density at radius 1 is 0.422 bits per heavy atom. The van der Waals surface area contributed by atoms with E-state index in [4.69, 9.17) is 4.42 Å². The number of nitrogens with zero attached hydrogens (tertiary/aromatic N) is 2. The first-order valence-corrected chi connectivity index (χ1v) is 23.7. The molecule has 3 rings (SSSR count). The molecule has 0 amide bonds. The zero-order chi connectivity index (χ0) is 32.4. The first-order valence-electron chi connectivity index (χ1n) is 18.7. The summed E-state index contributed by atoms with van der Waals surface area (Å²) in [5.74, 6) is 1.24. The van der Waals surface area contributed by atoms with Crippen LogP contribution in [0.5, 0.6) is 0 Å². The van der Waals surface area contributed by atoms with Crippen molar-refractivity contribution in [2.24, 2.45) is 0 Å². The average Bonchev–Trinajstić information content (AvgIpc) is 3.57. The summed E-state index contributed by atoms with van der Waals surface area (Å²) in [7, 11) is -1.95. The second-order valence-electron chi connectivity index (χ2n) is 13.8. The smallest absolute Gasteiger partial charge is 0.248 e. The van der Waals surface area contributed by atoms with Gasteiger partial charge in [0.15, 0.2) is 0 Å². The highest BCUT2D eigenvalue weighted by Crippen LogP contribution is 2.64. The van der Waals surface area contributed by atoms with E-state index in [0.717, 1.165) is 11.1 Å². The fraction of sp³-hybridized carbons (Fsp3) is 0.650. The second-order valence-corrected chi connectivity index (χ2v) is 22.5. The molecule has 0 aliphatic carbocycles. The van der Waals surface area contributed by atoms with E-state index in [2.05, 4.69) is 100 Å². The highest BCUT2D eigenvalue weighted by atomic mass is 31.2. The molecule has 0 aliphatic heterocycles. The largest absolute Gasteiger partial charge is 0.416 e. The Balaban J connectivity index is 1.73. The third-order valence-corrected chi connectivity index (χ3v) is 19.4. The molecule has 250 valence electrons. The van der Waals surface area contributed by atoms with Crippen LogP contribution in [0.2, 0.25) is 0 Å². The molecule has 0 N–H and O–H groups in total. The first kappa shape index (κ1) is 37.9. The summed E-state index contributed by atoms with van der Waals surface area (Å²) in [5.41, 5.74) is 5.01. The fourth-order valence-corrected chi connectivity index (χ4v) is 17.0. The van der Waals surface area contributed by atoms with Crippen LogP contribution in [0.1, 0.15) is 130 Å². The van der Waals surface area contributed by atoms with Gasteiger partial charge in [-0.1, -0.05) is 104 Å². The Morgan fingerprint density at radius 2 is 0.689 bits per heavy atom. The van der Waals surface area contributed by atoms with Gasteiger partial charge in [0.2, 0.25) is 11.8 Å². The monoisotopic (exact) mass is 652 g/mol. The van der Waals surface area contributed by atoms with Gasteiger partial charge in [-0.05, 0) is 73.9 Å². The molecular formula is C40H66N2OP2+2. The molecule has 1 aromatic heterocycles. The van der Waals surface area contributed by atoms with Gasteiger partial charge in [-0.15, -0.1) is 10.2 Å². The van der Waals surface area contributed by atoms with E-state index in [9.17, 15) is 0 Å². The molecule has 5 heteroatoms. The number of aromatic nitrogens is 2. The molecule has 0 bridgehead atoms. The first-order chi connectivity index (χ1) is 22.0. The van der Waals surface area contributed by atoms with Crippen LogP contribution in [0.25, 0.3) is 22.9 Å². The quantitative estimate of drug-likeness (QED) is 0.0904. The molecule has 0 radical (unpaired) electrons. The van der Waals surface area contributed by atoms with Crippen LogP contribution in [-0.4, -0.2) is 47.2 Å². The van der Waals surface area contributed by atoms with Crippen LogP contribution in [0.15, 0.2) is 52.9 Å². The normalized spacial score (nSPS) is 12.2. The summed E-state index contributed by atoms with van der Waals surface area (Å²) in [6, 6.07) is 18.1. The van der Waals surface area contributed by atoms with Crippen LogP contribution in [-0.2, 0) is 12.3 Å². The van der Waals surface area contributed by atoms with Crippen molar-refractivity contribution in [3.63, 3.8) is 0 Å². The number of benzene rings is 2. The molecule has 3 nitrogen and oxygen atoms in total. The van der Waals surface area contributed by atoms with Crippen molar-refractivity contribution in [2.75, 3.05) is 37.0 Å². The van der Waals surface area contributed by atoms with Crippen LogP contribution in [0.3, 0.4) is 0 Å². The molecule has 0 unspecified atom stereocenters. The van der Waals surface area contributed by atoms with Crippen LogP contribution >= 0.6 is 14.5 Å². The molecule has 0 fully saturated rings. The molecule has 0 saturated heterocycles. The topological polar surface area (TPSA) is 38.9 Å². The van der Waals surface area contributed by atoms with E-state index < -0.39 is 14.5 Å². The molecule has 0 aliphatic rings. The molecule has 2 aromatic carbocycles. The molecule has 0 atom stereocenters.